The number of aromatic nitrogens is 3. The summed E-state index contributed by atoms with van der Waals surface area (Å²) in [5.41, 5.74) is 2.80. The normalized spacial score (nSPS) is 24.2. The van der Waals surface area contributed by atoms with Crippen LogP contribution in [0, 0.1) is 11.8 Å². The minimum Gasteiger partial charge on any atom is -0.337 e. The van der Waals surface area contributed by atoms with Crippen LogP contribution in [0.4, 0.5) is 0 Å². The molecular weight excluding hydrogens is 382 g/mol. The largest absolute Gasteiger partial charge is 0.337 e. The summed E-state index contributed by atoms with van der Waals surface area (Å²) in [5, 5.41) is 3.24. The highest BCUT2D eigenvalue weighted by atomic mass is 16.2. The van der Waals surface area contributed by atoms with Gasteiger partial charge >= 0.3 is 0 Å². The zero-order chi connectivity index (χ0) is 20.4. The molecule has 1 N–H and O–H groups in total. The number of nitrogens with one attached hydrogen (secondary N) is 1. The summed E-state index contributed by atoms with van der Waals surface area (Å²) in [7, 11) is 0. The lowest BCUT2D eigenvalue weighted by Gasteiger charge is -2.32. The Morgan fingerprint density at radius 1 is 1.00 bits per heavy atom. The highest BCUT2D eigenvalue weighted by molar-refractivity contribution is 5.81. The van der Waals surface area contributed by atoms with E-state index in [9.17, 15) is 14.4 Å². The first-order valence-corrected chi connectivity index (χ1v) is 11.3. The van der Waals surface area contributed by atoms with Gasteiger partial charge in [-0.15, -0.1) is 0 Å². The Hall–Kier alpha value is -2.64. The zero-order valence-electron chi connectivity index (χ0n) is 17.1. The van der Waals surface area contributed by atoms with Crippen molar-refractivity contribution in [3.63, 3.8) is 0 Å². The maximum atomic E-state index is 13.2. The van der Waals surface area contributed by atoms with Crippen molar-refractivity contribution in [2.75, 3.05) is 13.1 Å². The molecule has 2 saturated carbocycles. The van der Waals surface area contributed by atoms with E-state index in [4.69, 9.17) is 4.98 Å². The number of hydrogen-bond acceptors (Lipinski definition) is 4. The Morgan fingerprint density at radius 3 is 2.53 bits per heavy atom. The topological polar surface area (TPSA) is 90.8 Å². The predicted molar refractivity (Wildman–Crippen MR) is 109 cm³/mol. The molecule has 2 aromatic heterocycles. The second-order valence-corrected chi connectivity index (χ2v) is 9.35. The zero-order valence-corrected chi connectivity index (χ0v) is 17.1. The summed E-state index contributed by atoms with van der Waals surface area (Å²) in [4.78, 5) is 47.1. The second kappa shape index (κ2) is 6.68. The SMILES string of the molecule is O=C(C1CC1)N1CCc2nc3cc(C4CCCN4C(=O)C4CCC4)[nH]n3c(=O)c2C1. The lowest BCUT2D eigenvalue weighted by molar-refractivity contribution is -0.139. The van der Waals surface area contributed by atoms with Gasteiger partial charge in [-0.25, -0.2) is 9.50 Å². The number of nitrogens with zero attached hydrogens (tertiary/aromatic N) is 4. The van der Waals surface area contributed by atoms with Gasteiger partial charge in [0, 0.05) is 37.4 Å². The maximum absolute atomic E-state index is 13.2. The summed E-state index contributed by atoms with van der Waals surface area (Å²) in [6.45, 7) is 1.77. The molecule has 2 aromatic rings. The fourth-order valence-corrected chi connectivity index (χ4v) is 5.19. The molecule has 158 valence electrons. The molecule has 1 saturated heterocycles. The van der Waals surface area contributed by atoms with E-state index in [-0.39, 0.29) is 35.3 Å². The van der Waals surface area contributed by atoms with Crippen molar-refractivity contribution in [1.29, 1.82) is 0 Å². The van der Waals surface area contributed by atoms with Crippen LogP contribution in [0.15, 0.2) is 10.9 Å². The van der Waals surface area contributed by atoms with E-state index >= 15 is 0 Å². The molecule has 1 atom stereocenters. The number of hydrogen-bond donors (Lipinski definition) is 1. The quantitative estimate of drug-likeness (QED) is 0.837. The molecule has 2 aliphatic heterocycles. The third-order valence-corrected chi connectivity index (χ3v) is 7.37. The van der Waals surface area contributed by atoms with Crippen LogP contribution in [0.1, 0.15) is 67.9 Å². The summed E-state index contributed by atoms with van der Waals surface area (Å²) >= 11 is 0. The maximum Gasteiger partial charge on any atom is 0.277 e. The molecule has 8 nitrogen and oxygen atoms in total. The van der Waals surface area contributed by atoms with Gasteiger partial charge in [0.1, 0.15) is 0 Å². The molecule has 4 aliphatic rings. The van der Waals surface area contributed by atoms with Crippen LogP contribution in [-0.4, -0.2) is 49.3 Å². The molecule has 0 spiro atoms. The van der Waals surface area contributed by atoms with E-state index in [0.29, 0.717) is 30.7 Å². The minimum atomic E-state index is -0.121. The average Bonchev–Trinajstić information content (AvgIpc) is 3.28. The van der Waals surface area contributed by atoms with Crippen LogP contribution in [-0.2, 0) is 22.6 Å². The van der Waals surface area contributed by atoms with Crippen LogP contribution in [0.2, 0.25) is 0 Å². The van der Waals surface area contributed by atoms with Gasteiger partial charge in [0.15, 0.2) is 5.65 Å². The van der Waals surface area contributed by atoms with Gasteiger partial charge in [-0.1, -0.05) is 6.42 Å². The number of H-pyrrole nitrogens is 1. The van der Waals surface area contributed by atoms with E-state index < -0.39 is 0 Å². The van der Waals surface area contributed by atoms with Gasteiger partial charge in [0.05, 0.1) is 29.5 Å². The summed E-state index contributed by atoms with van der Waals surface area (Å²) in [6, 6.07) is 1.92. The van der Waals surface area contributed by atoms with Crippen LogP contribution in [0.5, 0.6) is 0 Å². The highest BCUT2D eigenvalue weighted by Gasteiger charge is 2.38. The fraction of sp³-hybridized carbons (Fsp3) is 0.636. The summed E-state index contributed by atoms with van der Waals surface area (Å²) in [6.07, 6.45) is 7.59. The first-order valence-electron chi connectivity index (χ1n) is 11.3. The summed E-state index contributed by atoms with van der Waals surface area (Å²) < 4.78 is 1.50. The number of rotatable bonds is 3. The van der Waals surface area contributed by atoms with E-state index in [1.54, 1.807) is 0 Å². The van der Waals surface area contributed by atoms with Crippen molar-refractivity contribution < 1.29 is 9.59 Å². The van der Waals surface area contributed by atoms with Gasteiger partial charge in [-0.3, -0.25) is 19.5 Å². The number of fused-ring (bicyclic) bond motifs is 2. The van der Waals surface area contributed by atoms with E-state index in [2.05, 4.69) is 5.10 Å². The smallest absolute Gasteiger partial charge is 0.277 e. The molecule has 0 bridgehead atoms. The first-order chi connectivity index (χ1) is 14.6. The van der Waals surface area contributed by atoms with Crippen LogP contribution >= 0.6 is 0 Å². The molecule has 3 fully saturated rings. The van der Waals surface area contributed by atoms with Gasteiger partial charge < -0.3 is 9.80 Å². The lowest BCUT2D eigenvalue weighted by Crippen LogP contribution is -2.41. The van der Waals surface area contributed by atoms with Crippen LogP contribution in [0.3, 0.4) is 0 Å². The van der Waals surface area contributed by atoms with Crippen molar-refractivity contribution in [2.24, 2.45) is 11.8 Å². The summed E-state index contributed by atoms with van der Waals surface area (Å²) in [5.74, 6) is 0.771. The molecule has 8 heteroatoms. The Kier molecular flexibility index (Phi) is 4.05. The average molecular weight is 409 g/mol. The van der Waals surface area contributed by atoms with Crippen LogP contribution in [0.25, 0.3) is 5.65 Å². The van der Waals surface area contributed by atoms with Crippen molar-refractivity contribution in [1.82, 2.24) is 24.4 Å². The van der Waals surface area contributed by atoms with E-state index in [1.165, 1.54) is 4.52 Å². The Labute approximate surface area is 174 Å². The van der Waals surface area contributed by atoms with Gasteiger partial charge in [0.25, 0.3) is 5.56 Å². The van der Waals surface area contributed by atoms with Gasteiger partial charge in [-0.05, 0) is 38.5 Å². The Morgan fingerprint density at radius 2 is 1.80 bits per heavy atom. The standard InChI is InChI=1S/C22H27N5O3/c28-20(14-6-7-14)25-10-8-16-15(12-25)22(30)27-19(23-16)11-17(24-27)18-5-2-9-26(18)21(29)13-3-1-4-13/h11,13-14,18,24H,1-10,12H2. The number of likely N-dealkylation sites (tertiary alicyclic amines) is 1. The molecule has 2 amide bonds. The minimum absolute atomic E-state index is 0.0100. The van der Waals surface area contributed by atoms with Crippen molar-refractivity contribution in [3.05, 3.63) is 33.4 Å². The van der Waals surface area contributed by atoms with Crippen molar-refractivity contribution in [3.8, 4) is 0 Å². The van der Waals surface area contributed by atoms with Gasteiger partial charge in [-0.2, -0.15) is 0 Å². The first kappa shape index (κ1) is 18.2. The molecule has 6 rings (SSSR count). The third kappa shape index (κ3) is 2.80. The number of aromatic amines is 1. The number of carbonyl (C=O) groups excluding carboxylic acids is 2. The molecule has 30 heavy (non-hydrogen) atoms. The Balaban J connectivity index is 1.32. The van der Waals surface area contributed by atoms with Crippen LogP contribution < -0.4 is 5.56 Å². The predicted octanol–water partition coefficient (Wildman–Crippen LogP) is 1.78. The molecule has 2 aliphatic carbocycles. The Bertz CT molecular complexity index is 1090. The fourth-order valence-electron chi connectivity index (χ4n) is 5.19. The van der Waals surface area contributed by atoms with E-state index in [0.717, 1.165) is 62.9 Å². The van der Waals surface area contributed by atoms with Crippen molar-refractivity contribution in [2.45, 2.75) is 64.0 Å². The third-order valence-electron chi connectivity index (χ3n) is 7.37. The number of amides is 2. The molecule has 4 heterocycles. The monoisotopic (exact) mass is 409 g/mol. The lowest BCUT2D eigenvalue weighted by atomic mass is 9.84. The molecule has 0 aromatic carbocycles. The highest BCUT2D eigenvalue weighted by Crippen LogP contribution is 2.37. The second-order valence-electron chi connectivity index (χ2n) is 9.35. The van der Waals surface area contributed by atoms with Crippen molar-refractivity contribution >= 4 is 17.5 Å². The molecular formula is C22H27N5O3. The van der Waals surface area contributed by atoms with Gasteiger partial charge in [0.2, 0.25) is 11.8 Å². The number of carbonyl (C=O) groups is 2. The van der Waals surface area contributed by atoms with E-state index in [1.807, 2.05) is 15.9 Å². The molecule has 0 radical (unpaired) electrons. The molecule has 1 unspecified atom stereocenters.